The first-order valence-corrected chi connectivity index (χ1v) is 13.8. The highest BCUT2D eigenvalue weighted by molar-refractivity contribution is 7.13. The molecule has 4 nitrogen and oxygen atoms in total. The second kappa shape index (κ2) is 11.5. The van der Waals surface area contributed by atoms with E-state index >= 15 is 0 Å². The molecule has 2 N–H and O–H groups in total. The van der Waals surface area contributed by atoms with Crippen molar-refractivity contribution in [2.45, 2.75) is 32.4 Å². The zero-order chi connectivity index (χ0) is 26.5. The number of nitrogens with one attached hydrogen (secondary N) is 1. The van der Waals surface area contributed by atoms with Crippen LogP contribution in [0.4, 0.5) is 5.13 Å². The van der Waals surface area contributed by atoms with Crippen LogP contribution in [0.1, 0.15) is 42.1 Å². The third kappa shape index (κ3) is 5.97. The van der Waals surface area contributed by atoms with Gasteiger partial charge < -0.3 is 10.4 Å². The van der Waals surface area contributed by atoms with Gasteiger partial charge in [-0.05, 0) is 52.1 Å². The lowest BCUT2D eigenvalue weighted by Gasteiger charge is -2.39. The van der Waals surface area contributed by atoms with Crippen LogP contribution in [0.25, 0.3) is 11.1 Å². The molecule has 0 saturated heterocycles. The molecule has 3 aromatic carbocycles. The van der Waals surface area contributed by atoms with Crippen LogP contribution in [0.5, 0.6) is 0 Å². The zero-order valence-electron chi connectivity index (χ0n) is 21.4. The highest BCUT2D eigenvalue weighted by atomic mass is 35.5. The summed E-state index contributed by atoms with van der Waals surface area (Å²) in [7, 11) is 0. The summed E-state index contributed by atoms with van der Waals surface area (Å²) in [5.74, 6) is -0.0539. The number of halogens is 1. The number of anilines is 1. The lowest BCUT2D eigenvalue weighted by molar-refractivity contribution is 0.0613. The molecule has 0 fully saturated rings. The van der Waals surface area contributed by atoms with Crippen molar-refractivity contribution < 1.29 is 5.11 Å². The topological polar surface area (TPSA) is 58.0 Å². The van der Waals surface area contributed by atoms with E-state index < -0.39 is 11.6 Å². The third-order valence-electron chi connectivity index (χ3n) is 6.95. The van der Waals surface area contributed by atoms with Crippen molar-refractivity contribution in [3.05, 3.63) is 136 Å². The Bertz CT molecular complexity index is 1450. The molecular formula is C32H30ClN3OS. The van der Waals surface area contributed by atoms with E-state index in [1.54, 1.807) is 12.4 Å². The Morgan fingerprint density at radius 1 is 0.842 bits per heavy atom. The summed E-state index contributed by atoms with van der Waals surface area (Å²) in [5, 5.41) is 18.2. The molecule has 5 rings (SSSR count). The number of aliphatic hydroxyl groups is 1. The van der Waals surface area contributed by atoms with Crippen LogP contribution in [0, 0.1) is 5.41 Å². The largest absolute Gasteiger partial charge is 0.373 e. The van der Waals surface area contributed by atoms with E-state index in [9.17, 15) is 5.11 Å². The van der Waals surface area contributed by atoms with E-state index in [0.717, 1.165) is 34.4 Å². The minimum atomic E-state index is -0.831. The first-order valence-electron chi connectivity index (χ1n) is 12.6. The van der Waals surface area contributed by atoms with Gasteiger partial charge in [-0.1, -0.05) is 92.2 Å². The molecule has 38 heavy (non-hydrogen) atoms. The minimum absolute atomic E-state index is 0.0539. The number of nitrogens with zero attached hydrogens (tertiary/aromatic N) is 2. The van der Waals surface area contributed by atoms with E-state index in [4.69, 9.17) is 16.6 Å². The van der Waals surface area contributed by atoms with Gasteiger partial charge >= 0.3 is 0 Å². The zero-order valence-corrected chi connectivity index (χ0v) is 23.0. The van der Waals surface area contributed by atoms with Crippen molar-refractivity contribution in [3.8, 4) is 11.1 Å². The van der Waals surface area contributed by atoms with Gasteiger partial charge in [-0.25, -0.2) is 4.98 Å². The Kier molecular flexibility index (Phi) is 7.89. The van der Waals surface area contributed by atoms with Gasteiger partial charge in [0.25, 0.3) is 0 Å². The fourth-order valence-corrected chi connectivity index (χ4v) is 5.70. The molecule has 2 atom stereocenters. The number of thiazole rings is 1. The van der Waals surface area contributed by atoms with Gasteiger partial charge in [0, 0.05) is 40.6 Å². The molecule has 0 spiro atoms. The summed E-state index contributed by atoms with van der Waals surface area (Å²) in [6, 6.07) is 30.7. The molecule has 0 radical (unpaired) electrons. The van der Waals surface area contributed by atoms with E-state index in [-0.39, 0.29) is 5.92 Å². The van der Waals surface area contributed by atoms with Gasteiger partial charge in [0.05, 0.1) is 5.69 Å². The molecule has 0 amide bonds. The van der Waals surface area contributed by atoms with Crippen molar-refractivity contribution in [1.82, 2.24) is 9.97 Å². The maximum atomic E-state index is 11.4. The van der Waals surface area contributed by atoms with Crippen molar-refractivity contribution in [2.75, 3.05) is 5.32 Å². The van der Waals surface area contributed by atoms with Crippen LogP contribution in [0.3, 0.4) is 0 Å². The lowest BCUT2D eigenvalue weighted by Crippen LogP contribution is -2.41. The molecule has 192 valence electrons. The van der Waals surface area contributed by atoms with Crippen LogP contribution in [0.15, 0.2) is 109 Å². The molecule has 2 unspecified atom stereocenters. The van der Waals surface area contributed by atoms with Crippen LogP contribution in [-0.4, -0.2) is 21.3 Å². The summed E-state index contributed by atoms with van der Waals surface area (Å²) < 4.78 is 0. The van der Waals surface area contributed by atoms with Crippen LogP contribution in [0.2, 0.25) is 5.02 Å². The molecule has 0 aliphatic rings. The number of benzene rings is 3. The number of pyridine rings is 1. The van der Waals surface area contributed by atoms with Crippen LogP contribution < -0.4 is 5.32 Å². The second-order valence-corrected chi connectivity index (χ2v) is 11.3. The number of hydrogen-bond acceptors (Lipinski definition) is 5. The predicted molar refractivity (Wildman–Crippen MR) is 158 cm³/mol. The predicted octanol–water partition coefficient (Wildman–Crippen LogP) is 8.04. The number of aliphatic hydroxyl groups excluding tert-OH is 1. The van der Waals surface area contributed by atoms with Crippen LogP contribution in [-0.2, 0) is 6.42 Å². The Balaban J connectivity index is 1.30. The SMILES string of the molecule is CC(C)(C(O)Nc1nc(Cc2ccc(-c3ccncc3)cc2)cs1)C(c1ccccc1)c1ccc(Cl)cc1. The summed E-state index contributed by atoms with van der Waals surface area (Å²) in [6.07, 6.45) is 3.51. The quantitative estimate of drug-likeness (QED) is 0.186. The van der Waals surface area contributed by atoms with Gasteiger partial charge in [-0.2, -0.15) is 0 Å². The molecule has 2 heterocycles. The molecule has 0 bridgehead atoms. The average Bonchev–Trinajstić information content (AvgIpc) is 3.38. The second-order valence-electron chi connectivity index (χ2n) is 10.0. The molecule has 0 aliphatic carbocycles. The van der Waals surface area contributed by atoms with Gasteiger partial charge in [0.1, 0.15) is 6.23 Å². The maximum Gasteiger partial charge on any atom is 0.184 e. The van der Waals surface area contributed by atoms with E-state index in [1.807, 2.05) is 60.0 Å². The van der Waals surface area contributed by atoms with E-state index in [1.165, 1.54) is 16.9 Å². The lowest BCUT2D eigenvalue weighted by atomic mass is 9.70. The van der Waals surface area contributed by atoms with Gasteiger partial charge in [0.15, 0.2) is 5.13 Å². The van der Waals surface area contributed by atoms with Gasteiger partial charge in [-0.15, -0.1) is 11.3 Å². The normalized spacial score (nSPS) is 13.2. The molecule has 2 aromatic heterocycles. The summed E-state index contributed by atoms with van der Waals surface area (Å²) >= 11 is 7.68. The third-order valence-corrected chi connectivity index (χ3v) is 8.02. The van der Waals surface area contributed by atoms with Crippen LogP contribution >= 0.6 is 22.9 Å². The first-order chi connectivity index (χ1) is 18.4. The van der Waals surface area contributed by atoms with E-state index in [2.05, 4.69) is 60.5 Å². The summed E-state index contributed by atoms with van der Waals surface area (Å²) in [6.45, 7) is 4.16. The van der Waals surface area contributed by atoms with Crippen molar-refractivity contribution >= 4 is 28.1 Å². The fraction of sp³-hybridized carbons (Fsp3) is 0.188. The number of hydrogen-bond donors (Lipinski definition) is 2. The Morgan fingerprint density at radius 2 is 1.47 bits per heavy atom. The Morgan fingerprint density at radius 3 is 2.16 bits per heavy atom. The summed E-state index contributed by atoms with van der Waals surface area (Å²) in [5.41, 5.74) is 6.15. The van der Waals surface area contributed by atoms with Gasteiger partial charge in [0.2, 0.25) is 0 Å². The van der Waals surface area contributed by atoms with Gasteiger partial charge in [-0.3, -0.25) is 4.98 Å². The molecule has 5 aromatic rings. The maximum absolute atomic E-state index is 11.4. The minimum Gasteiger partial charge on any atom is -0.373 e. The summed E-state index contributed by atoms with van der Waals surface area (Å²) in [4.78, 5) is 8.87. The van der Waals surface area contributed by atoms with Crippen molar-refractivity contribution in [2.24, 2.45) is 5.41 Å². The molecule has 0 aliphatic heterocycles. The smallest absolute Gasteiger partial charge is 0.184 e. The Hall–Kier alpha value is -3.51. The number of rotatable bonds is 9. The Labute approximate surface area is 233 Å². The van der Waals surface area contributed by atoms with Crippen molar-refractivity contribution in [3.63, 3.8) is 0 Å². The number of aromatic nitrogens is 2. The highest BCUT2D eigenvalue weighted by Gasteiger charge is 2.39. The average molecular weight is 540 g/mol. The highest BCUT2D eigenvalue weighted by Crippen LogP contribution is 2.44. The van der Waals surface area contributed by atoms with Crippen molar-refractivity contribution in [1.29, 1.82) is 0 Å². The first kappa shape index (κ1) is 26.1. The standard InChI is InChI=1S/C32H30ClN3OS/c1-32(2,29(25-6-4-3-5-7-25)26-12-14-27(33)15-13-26)30(37)36-31-35-28(21-38-31)20-22-8-10-23(11-9-22)24-16-18-34-19-17-24/h3-19,21,29-30,37H,20H2,1-2H3,(H,35,36). The van der Waals surface area contributed by atoms with E-state index in [0.29, 0.717) is 10.2 Å². The molecule has 6 heteroatoms. The molecule has 0 saturated carbocycles. The molecular weight excluding hydrogens is 510 g/mol. The fourth-order valence-electron chi connectivity index (χ4n) is 4.84. The monoisotopic (exact) mass is 539 g/mol.